The molecule has 1 aromatic carbocycles. The molecule has 1 aliphatic carbocycles. The molecule has 1 N–H and O–H groups in total. The molecule has 24 heavy (non-hydrogen) atoms. The van der Waals surface area contributed by atoms with Crippen LogP contribution >= 0.6 is 0 Å². The molecule has 4 rings (SSSR count). The molecule has 0 saturated heterocycles. The Kier molecular flexibility index (Phi) is 3.73. The lowest BCUT2D eigenvalue weighted by molar-refractivity contribution is 0.0941. The van der Waals surface area contributed by atoms with Gasteiger partial charge in [-0.1, -0.05) is 24.3 Å². The number of hydrogen-bond acceptors (Lipinski definition) is 3. The molecule has 4 heteroatoms. The predicted molar refractivity (Wildman–Crippen MR) is 93.8 cm³/mol. The molecule has 0 aliphatic heterocycles. The Hall–Kier alpha value is -2.75. The van der Waals surface area contributed by atoms with Gasteiger partial charge in [0.15, 0.2) is 0 Å². The Bertz CT molecular complexity index is 888. The molecule has 1 aliphatic rings. The van der Waals surface area contributed by atoms with E-state index in [0.717, 1.165) is 22.2 Å². The summed E-state index contributed by atoms with van der Waals surface area (Å²) < 4.78 is 0. The number of amides is 1. The number of fused-ring (bicyclic) bond motifs is 1. The van der Waals surface area contributed by atoms with E-state index >= 15 is 0 Å². The summed E-state index contributed by atoms with van der Waals surface area (Å²) in [6, 6.07) is 13.6. The minimum atomic E-state index is -0.0949. The predicted octanol–water partition coefficient (Wildman–Crippen LogP) is 4.00. The SMILES string of the molecule is CC(NC(=O)c1cc(C2CC2)nc2ccccc12)c1cccnc1. The van der Waals surface area contributed by atoms with E-state index in [1.807, 2.05) is 49.4 Å². The molecule has 120 valence electrons. The summed E-state index contributed by atoms with van der Waals surface area (Å²) in [7, 11) is 0. The third kappa shape index (κ3) is 2.87. The van der Waals surface area contributed by atoms with Gasteiger partial charge < -0.3 is 5.32 Å². The van der Waals surface area contributed by atoms with E-state index in [4.69, 9.17) is 4.98 Å². The standard InChI is InChI=1S/C20H19N3O/c1-13(15-5-4-10-21-12-15)22-20(24)17-11-19(14-8-9-14)23-18-7-3-2-6-16(17)18/h2-7,10-14H,8-9H2,1H3,(H,22,24). The van der Waals surface area contributed by atoms with Crippen LogP contribution in [0.2, 0.25) is 0 Å². The highest BCUT2D eigenvalue weighted by Crippen LogP contribution is 2.40. The molecule has 0 spiro atoms. The first-order chi connectivity index (χ1) is 11.7. The van der Waals surface area contributed by atoms with Gasteiger partial charge in [-0.25, -0.2) is 0 Å². The second-order valence-electron chi connectivity index (χ2n) is 6.37. The summed E-state index contributed by atoms with van der Waals surface area (Å²) in [6.07, 6.45) is 5.85. The second-order valence-corrected chi connectivity index (χ2v) is 6.37. The van der Waals surface area contributed by atoms with Crippen molar-refractivity contribution in [3.8, 4) is 0 Å². The number of hydrogen-bond donors (Lipinski definition) is 1. The Morgan fingerprint density at radius 2 is 2.04 bits per heavy atom. The zero-order chi connectivity index (χ0) is 16.5. The number of benzene rings is 1. The van der Waals surface area contributed by atoms with E-state index in [1.165, 1.54) is 12.8 Å². The molecule has 1 atom stereocenters. The van der Waals surface area contributed by atoms with Crippen LogP contribution in [0, 0.1) is 0 Å². The summed E-state index contributed by atoms with van der Waals surface area (Å²) in [5.41, 5.74) is 3.62. The number of carbonyl (C=O) groups excluding carboxylic acids is 1. The molecule has 1 fully saturated rings. The van der Waals surface area contributed by atoms with Crippen molar-refractivity contribution in [3.63, 3.8) is 0 Å². The van der Waals surface area contributed by atoms with Gasteiger partial charge in [0.05, 0.1) is 17.1 Å². The number of para-hydroxylation sites is 1. The number of pyridine rings is 2. The third-order valence-electron chi connectivity index (χ3n) is 4.51. The molecule has 1 saturated carbocycles. The largest absolute Gasteiger partial charge is 0.345 e. The quantitative estimate of drug-likeness (QED) is 0.791. The van der Waals surface area contributed by atoms with Crippen LogP contribution in [0.3, 0.4) is 0 Å². The maximum atomic E-state index is 12.9. The average molecular weight is 317 g/mol. The zero-order valence-electron chi connectivity index (χ0n) is 13.6. The maximum absolute atomic E-state index is 12.9. The zero-order valence-corrected chi connectivity index (χ0v) is 13.6. The fraction of sp³-hybridized carbons (Fsp3) is 0.250. The van der Waals surface area contributed by atoms with Crippen LogP contribution in [0.1, 0.15) is 53.3 Å². The van der Waals surface area contributed by atoms with Gasteiger partial charge in [0.25, 0.3) is 5.91 Å². The summed E-state index contributed by atoms with van der Waals surface area (Å²) in [5, 5.41) is 3.99. The number of aromatic nitrogens is 2. The monoisotopic (exact) mass is 317 g/mol. The smallest absolute Gasteiger partial charge is 0.252 e. The van der Waals surface area contributed by atoms with Gasteiger partial charge in [0, 0.05) is 29.4 Å². The van der Waals surface area contributed by atoms with Crippen LogP contribution in [0.25, 0.3) is 10.9 Å². The first-order valence-corrected chi connectivity index (χ1v) is 8.33. The lowest BCUT2D eigenvalue weighted by Crippen LogP contribution is -2.27. The van der Waals surface area contributed by atoms with E-state index in [2.05, 4.69) is 10.3 Å². The Labute approximate surface area is 141 Å². The lowest BCUT2D eigenvalue weighted by Gasteiger charge is -2.15. The summed E-state index contributed by atoms with van der Waals surface area (Å²) in [5.74, 6) is 0.448. The van der Waals surface area contributed by atoms with Gasteiger partial charge in [-0.15, -0.1) is 0 Å². The van der Waals surface area contributed by atoms with E-state index in [0.29, 0.717) is 11.5 Å². The first-order valence-electron chi connectivity index (χ1n) is 8.33. The number of nitrogens with one attached hydrogen (secondary N) is 1. The van der Waals surface area contributed by atoms with Crippen LogP contribution in [0.4, 0.5) is 0 Å². The van der Waals surface area contributed by atoms with Crippen LogP contribution in [0.15, 0.2) is 54.9 Å². The molecular formula is C20H19N3O. The van der Waals surface area contributed by atoms with Gasteiger partial charge in [-0.2, -0.15) is 0 Å². The Morgan fingerprint density at radius 1 is 1.21 bits per heavy atom. The molecule has 3 aromatic rings. The van der Waals surface area contributed by atoms with Crippen LogP contribution < -0.4 is 5.32 Å². The maximum Gasteiger partial charge on any atom is 0.252 e. The number of rotatable bonds is 4. The molecule has 0 radical (unpaired) electrons. The minimum Gasteiger partial charge on any atom is -0.345 e. The molecule has 1 amide bonds. The van der Waals surface area contributed by atoms with Crippen molar-refractivity contribution in [2.45, 2.75) is 31.7 Å². The van der Waals surface area contributed by atoms with Crippen LogP contribution in [0.5, 0.6) is 0 Å². The topological polar surface area (TPSA) is 54.9 Å². The highest BCUT2D eigenvalue weighted by Gasteiger charge is 2.27. The Balaban J connectivity index is 1.68. The highest BCUT2D eigenvalue weighted by atomic mass is 16.1. The second kappa shape index (κ2) is 6.04. The first kappa shape index (κ1) is 14.8. The summed E-state index contributed by atoms with van der Waals surface area (Å²) in [4.78, 5) is 21.7. The van der Waals surface area contributed by atoms with Gasteiger partial charge in [0.2, 0.25) is 0 Å². The molecular weight excluding hydrogens is 298 g/mol. The van der Waals surface area contributed by atoms with Gasteiger partial charge in [0.1, 0.15) is 0 Å². The lowest BCUT2D eigenvalue weighted by atomic mass is 10.0. The normalized spacial score (nSPS) is 15.2. The van der Waals surface area contributed by atoms with Crippen molar-refractivity contribution >= 4 is 16.8 Å². The van der Waals surface area contributed by atoms with Crippen molar-refractivity contribution in [3.05, 3.63) is 71.7 Å². The molecule has 2 aromatic heterocycles. The fourth-order valence-electron chi connectivity index (χ4n) is 2.96. The Morgan fingerprint density at radius 3 is 2.79 bits per heavy atom. The van der Waals surface area contributed by atoms with Crippen molar-refractivity contribution in [1.29, 1.82) is 0 Å². The van der Waals surface area contributed by atoms with Crippen molar-refractivity contribution in [2.24, 2.45) is 0 Å². The van der Waals surface area contributed by atoms with Crippen molar-refractivity contribution in [1.82, 2.24) is 15.3 Å². The van der Waals surface area contributed by atoms with E-state index in [1.54, 1.807) is 12.4 Å². The molecule has 4 nitrogen and oxygen atoms in total. The molecule has 0 bridgehead atoms. The van der Waals surface area contributed by atoms with Crippen molar-refractivity contribution < 1.29 is 4.79 Å². The van der Waals surface area contributed by atoms with Crippen molar-refractivity contribution in [2.75, 3.05) is 0 Å². The molecule has 2 heterocycles. The fourth-order valence-corrected chi connectivity index (χ4v) is 2.96. The van der Waals surface area contributed by atoms with E-state index in [-0.39, 0.29) is 11.9 Å². The number of carbonyl (C=O) groups is 1. The minimum absolute atomic E-state index is 0.0631. The van der Waals surface area contributed by atoms with Gasteiger partial charge in [-0.05, 0) is 43.5 Å². The highest BCUT2D eigenvalue weighted by molar-refractivity contribution is 6.06. The third-order valence-corrected chi connectivity index (χ3v) is 4.51. The van der Waals surface area contributed by atoms with Crippen LogP contribution in [-0.4, -0.2) is 15.9 Å². The van der Waals surface area contributed by atoms with E-state index in [9.17, 15) is 4.79 Å². The summed E-state index contributed by atoms with van der Waals surface area (Å²) >= 11 is 0. The number of nitrogens with zero attached hydrogens (tertiary/aromatic N) is 2. The average Bonchev–Trinajstić information content (AvgIpc) is 3.46. The van der Waals surface area contributed by atoms with Gasteiger partial charge in [-0.3, -0.25) is 14.8 Å². The molecule has 1 unspecified atom stereocenters. The van der Waals surface area contributed by atoms with Gasteiger partial charge >= 0.3 is 0 Å². The van der Waals surface area contributed by atoms with Crippen LogP contribution in [-0.2, 0) is 0 Å². The summed E-state index contributed by atoms with van der Waals surface area (Å²) in [6.45, 7) is 1.97. The van der Waals surface area contributed by atoms with E-state index < -0.39 is 0 Å².